The molecule has 0 saturated carbocycles. The van der Waals surface area contributed by atoms with Crippen LogP contribution in [0.1, 0.15) is 51.9 Å². The number of unbranched alkanes of at least 4 members (excludes halogenated alkanes) is 1. The highest BCUT2D eigenvalue weighted by Crippen LogP contribution is 2.19. The number of nitrogens with two attached hydrogens (primary N) is 3. The number of hydrogen-bond acceptors (Lipinski definition) is 7. The molecule has 0 aromatic carbocycles. The number of rotatable bonds is 13. The number of amides is 4. The molecule has 31 heavy (non-hydrogen) atoms. The second kappa shape index (κ2) is 12.8. The zero-order chi connectivity index (χ0) is 23.6. The summed E-state index contributed by atoms with van der Waals surface area (Å²) in [4.78, 5) is 61.2. The minimum atomic E-state index is -1.15. The Morgan fingerprint density at radius 2 is 1.81 bits per heavy atom. The van der Waals surface area contributed by atoms with Crippen LogP contribution in [0.25, 0.3) is 0 Å². The summed E-state index contributed by atoms with van der Waals surface area (Å²) in [6.07, 6.45) is 2.42. The number of nitrogens with one attached hydrogen (secondary N) is 2. The molecule has 9 N–H and O–H groups in total. The first kappa shape index (κ1) is 26.3. The Labute approximate surface area is 181 Å². The summed E-state index contributed by atoms with van der Waals surface area (Å²) in [7, 11) is 0. The van der Waals surface area contributed by atoms with Crippen molar-refractivity contribution in [3.63, 3.8) is 0 Å². The fraction of sp³-hybridized carbons (Fsp3) is 0.737. The molecule has 4 atom stereocenters. The average Bonchev–Trinajstić information content (AvgIpc) is 3.20. The smallest absolute Gasteiger partial charge is 0.326 e. The van der Waals surface area contributed by atoms with Crippen LogP contribution < -0.4 is 27.8 Å². The molecule has 0 bridgehead atoms. The molecule has 4 amide bonds. The van der Waals surface area contributed by atoms with E-state index in [1.54, 1.807) is 0 Å². The van der Waals surface area contributed by atoms with Gasteiger partial charge in [-0.3, -0.25) is 19.2 Å². The summed E-state index contributed by atoms with van der Waals surface area (Å²) >= 11 is 0. The van der Waals surface area contributed by atoms with Crippen LogP contribution in [0.15, 0.2) is 0 Å². The molecular formula is C19H34N6O6. The average molecular weight is 443 g/mol. The van der Waals surface area contributed by atoms with E-state index >= 15 is 0 Å². The first-order valence-electron chi connectivity index (χ1n) is 10.5. The third-order valence-corrected chi connectivity index (χ3v) is 5.17. The number of likely N-dealkylation sites (tertiary alicyclic amines) is 1. The molecule has 0 spiro atoms. The Balaban J connectivity index is 2.68. The number of hydrogen-bond donors (Lipinski definition) is 6. The fourth-order valence-electron chi connectivity index (χ4n) is 3.38. The van der Waals surface area contributed by atoms with Gasteiger partial charge in [-0.15, -0.1) is 0 Å². The lowest BCUT2D eigenvalue weighted by Gasteiger charge is -2.28. The monoisotopic (exact) mass is 442 g/mol. The second-order valence-electron chi connectivity index (χ2n) is 7.72. The van der Waals surface area contributed by atoms with Crippen LogP contribution in [0.5, 0.6) is 0 Å². The van der Waals surface area contributed by atoms with Crippen molar-refractivity contribution in [3.8, 4) is 0 Å². The minimum absolute atomic E-state index is 0.0531. The van der Waals surface area contributed by atoms with Gasteiger partial charge in [-0.25, -0.2) is 4.79 Å². The van der Waals surface area contributed by atoms with Gasteiger partial charge in [0.1, 0.15) is 18.1 Å². The van der Waals surface area contributed by atoms with Gasteiger partial charge in [-0.05, 0) is 52.0 Å². The molecule has 12 heteroatoms. The highest BCUT2D eigenvalue weighted by molar-refractivity contribution is 5.94. The third kappa shape index (κ3) is 8.50. The van der Waals surface area contributed by atoms with Crippen LogP contribution in [0, 0.1) is 0 Å². The Kier molecular flexibility index (Phi) is 10.9. The van der Waals surface area contributed by atoms with E-state index in [4.69, 9.17) is 17.2 Å². The summed E-state index contributed by atoms with van der Waals surface area (Å²) in [6.45, 7) is 2.22. The van der Waals surface area contributed by atoms with E-state index < -0.39 is 53.8 Å². The molecule has 4 unspecified atom stereocenters. The second-order valence-corrected chi connectivity index (χ2v) is 7.72. The Morgan fingerprint density at radius 3 is 2.39 bits per heavy atom. The summed E-state index contributed by atoms with van der Waals surface area (Å²) in [5.41, 5.74) is 16.2. The van der Waals surface area contributed by atoms with Gasteiger partial charge in [0.05, 0.1) is 6.04 Å². The van der Waals surface area contributed by atoms with Crippen LogP contribution in [0.4, 0.5) is 0 Å². The molecule has 12 nitrogen and oxygen atoms in total. The zero-order valence-electron chi connectivity index (χ0n) is 17.8. The fourth-order valence-corrected chi connectivity index (χ4v) is 3.38. The highest BCUT2D eigenvalue weighted by Gasteiger charge is 2.37. The highest BCUT2D eigenvalue weighted by atomic mass is 16.4. The SMILES string of the molecule is CC(NC(=O)C(N)CCC(N)=O)C(=O)N1CCCC1C(=O)NC(CCCCN)C(=O)O. The molecule has 1 aliphatic heterocycles. The molecule has 0 aromatic rings. The van der Waals surface area contributed by atoms with Gasteiger partial charge in [0.2, 0.25) is 23.6 Å². The summed E-state index contributed by atoms with van der Waals surface area (Å²) < 4.78 is 0. The third-order valence-electron chi connectivity index (χ3n) is 5.17. The van der Waals surface area contributed by atoms with Crippen molar-refractivity contribution < 1.29 is 29.1 Å². The number of carbonyl (C=O) groups is 5. The minimum Gasteiger partial charge on any atom is -0.480 e. The molecule has 1 rings (SSSR count). The Hall–Kier alpha value is -2.73. The van der Waals surface area contributed by atoms with Crippen molar-refractivity contribution in [2.45, 2.75) is 76.0 Å². The molecular weight excluding hydrogens is 408 g/mol. The molecule has 0 aromatic heterocycles. The predicted octanol–water partition coefficient (Wildman–Crippen LogP) is -2.23. The van der Waals surface area contributed by atoms with Gasteiger partial charge in [0, 0.05) is 13.0 Å². The number of carbonyl (C=O) groups excluding carboxylic acids is 4. The number of carboxylic acids is 1. The molecule has 1 saturated heterocycles. The van der Waals surface area contributed by atoms with Crippen LogP contribution in [0.2, 0.25) is 0 Å². The van der Waals surface area contributed by atoms with Crippen molar-refractivity contribution >= 4 is 29.6 Å². The van der Waals surface area contributed by atoms with E-state index in [2.05, 4.69) is 10.6 Å². The van der Waals surface area contributed by atoms with Crippen molar-refractivity contribution in [3.05, 3.63) is 0 Å². The van der Waals surface area contributed by atoms with Gasteiger partial charge in [-0.2, -0.15) is 0 Å². The number of primary amides is 1. The van der Waals surface area contributed by atoms with Gasteiger partial charge in [-0.1, -0.05) is 0 Å². The Bertz CT molecular complexity index is 672. The maximum absolute atomic E-state index is 12.8. The summed E-state index contributed by atoms with van der Waals surface area (Å²) in [5.74, 6) is -3.34. The first-order chi connectivity index (χ1) is 14.6. The molecule has 176 valence electrons. The van der Waals surface area contributed by atoms with E-state index in [1.807, 2.05) is 0 Å². The molecule has 1 heterocycles. The van der Waals surface area contributed by atoms with Gasteiger partial charge in [0.15, 0.2) is 0 Å². The molecule has 1 aliphatic rings. The van der Waals surface area contributed by atoms with Crippen LogP contribution >= 0.6 is 0 Å². The lowest BCUT2D eigenvalue weighted by Crippen LogP contribution is -2.56. The lowest BCUT2D eigenvalue weighted by molar-refractivity contribution is -0.145. The molecule has 1 fully saturated rings. The van der Waals surface area contributed by atoms with Crippen LogP contribution in [-0.4, -0.2) is 76.9 Å². The number of carboxylic acid groups (broad SMARTS) is 1. The lowest BCUT2D eigenvalue weighted by atomic mass is 10.1. The maximum Gasteiger partial charge on any atom is 0.326 e. The topological polar surface area (TPSA) is 211 Å². The number of aliphatic carboxylic acids is 1. The maximum atomic E-state index is 12.8. The number of nitrogens with zero attached hydrogens (tertiary/aromatic N) is 1. The van der Waals surface area contributed by atoms with E-state index in [9.17, 15) is 29.1 Å². The van der Waals surface area contributed by atoms with E-state index in [1.165, 1.54) is 11.8 Å². The summed E-state index contributed by atoms with van der Waals surface area (Å²) in [5, 5.41) is 14.3. The standard InChI is InChI=1S/C19H34N6O6/c1-11(23-16(27)12(21)7-8-15(22)26)18(29)25-10-4-6-14(25)17(28)24-13(19(30)31)5-2-3-9-20/h11-14H,2-10,20-21H2,1H3,(H2,22,26)(H,23,27)(H,24,28)(H,30,31). The first-order valence-corrected chi connectivity index (χ1v) is 10.5. The molecule has 0 aliphatic carbocycles. The van der Waals surface area contributed by atoms with Crippen LogP contribution in [0.3, 0.4) is 0 Å². The Morgan fingerprint density at radius 1 is 1.13 bits per heavy atom. The van der Waals surface area contributed by atoms with Gasteiger partial charge >= 0.3 is 5.97 Å². The van der Waals surface area contributed by atoms with Crippen molar-refractivity contribution in [1.82, 2.24) is 15.5 Å². The van der Waals surface area contributed by atoms with E-state index in [0.29, 0.717) is 38.8 Å². The molecule has 0 radical (unpaired) electrons. The van der Waals surface area contributed by atoms with E-state index in [0.717, 1.165) is 0 Å². The normalized spacial score (nSPS) is 18.7. The van der Waals surface area contributed by atoms with Crippen LogP contribution in [-0.2, 0) is 24.0 Å². The summed E-state index contributed by atoms with van der Waals surface area (Å²) in [6, 6.07) is -3.81. The predicted molar refractivity (Wildman–Crippen MR) is 111 cm³/mol. The zero-order valence-corrected chi connectivity index (χ0v) is 17.8. The quantitative estimate of drug-likeness (QED) is 0.171. The van der Waals surface area contributed by atoms with Crippen molar-refractivity contribution in [2.75, 3.05) is 13.1 Å². The van der Waals surface area contributed by atoms with Gasteiger partial charge < -0.3 is 37.8 Å². The van der Waals surface area contributed by atoms with E-state index in [-0.39, 0.29) is 19.3 Å². The van der Waals surface area contributed by atoms with Crippen molar-refractivity contribution in [1.29, 1.82) is 0 Å². The van der Waals surface area contributed by atoms with Gasteiger partial charge in [0.25, 0.3) is 0 Å². The van der Waals surface area contributed by atoms with Crippen molar-refractivity contribution in [2.24, 2.45) is 17.2 Å². The largest absolute Gasteiger partial charge is 0.480 e.